The van der Waals surface area contributed by atoms with Gasteiger partial charge in [-0.25, -0.2) is 0 Å². The predicted octanol–water partition coefficient (Wildman–Crippen LogP) is 1.75. The van der Waals surface area contributed by atoms with Crippen molar-refractivity contribution in [3.05, 3.63) is 12.2 Å². The minimum absolute atomic E-state index is 0.0718. The molecule has 0 saturated carbocycles. The fourth-order valence-electron chi connectivity index (χ4n) is 1.64. The van der Waals surface area contributed by atoms with Crippen molar-refractivity contribution in [3.8, 4) is 0 Å². The molecule has 0 amide bonds. The zero-order valence-electron chi connectivity index (χ0n) is 7.54. The standard InChI is InChI=1S/C10H14O2/c1-3-10(12)9-6-4-5-8(9)7(2)11/h4,6,8-9H,3,5H2,1-2H3. The Kier molecular flexibility index (Phi) is 2.79. The van der Waals surface area contributed by atoms with Crippen molar-refractivity contribution in [2.45, 2.75) is 26.7 Å². The average molecular weight is 166 g/mol. The van der Waals surface area contributed by atoms with Crippen LogP contribution in [0.15, 0.2) is 12.2 Å². The molecule has 0 fully saturated rings. The molecule has 0 heterocycles. The highest BCUT2D eigenvalue weighted by Crippen LogP contribution is 2.27. The summed E-state index contributed by atoms with van der Waals surface area (Å²) in [4.78, 5) is 22.4. The molecule has 0 spiro atoms. The second kappa shape index (κ2) is 3.65. The number of allylic oxidation sites excluding steroid dienone is 2. The van der Waals surface area contributed by atoms with Crippen LogP contribution in [-0.2, 0) is 9.59 Å². The molecular formula is C10H14O2. The SMILES string of the molecule is CCC(=O)C1C=CCC1C(C)=O. The number of carbonyl (C=O) groups excluding carboxylic acids is 2. The van der Waals surface area contributed by atoms with Crippen molar-refractivity contribution in [1.29, 1.82) is 0 Å². The number of carbonyl (C=O) groups is 2. The van der Waals surface area contributed by atoms with Gasteiger partial charge in [-0.15, -0.1) is 0 Å². The first-order chi connectivity index (χ1) is 5.66. The van der Waals surface area contributed by atoms with Gasteiger partial charge in [-0.1, -0.05) is 19.1 Å². The van der Waals surface area contributed by atoms with E-state index in [9.17, 15) is 9.59 Å². The molecular weight excluding hydrogens is 152 g/mol. The lowest BCUT2D eigenvalue weighted by molar-refractivity contribution is -0.129. The molecule has 0 aromatic rings. The lowest BCUT2D eigenvalue weighted by Gasteiger charge is -2.13. The van der Waals surface area contributed by atoms with E-state index in [1.807, 2.05) is 19.1 Å². The van der Waals surface area contributed by atoms with E-state index in [0.717, 1.165) is 6.42 Å². The van der Waals surface area contributed by atoms with Gasteiger partial charge >= 0.3 is 0 Å². The van der Waals surface area contributed by atoms with Gasteiger partial charge < -0.3 is 0 Å². The van der Waals surface area contributed by atoms with Crippen LogP contribution in [0.3, 0.4) is 0 Å². The van der Waals surface area contributed by atoms with Gasteiger partial charge in [0.15, 0.2) is 0 Å². The molecule has 2 heteroatoms. The summed E-state index contributed by atoms with van der Waals surface area (Å²) < 4.78 is 0. The van der Waals surface area contributed by atoms with Gasteiger partial charge in [-0.3, -0.25) is 9.59 Å². The summed E-state index contributed by atoms with van der Waals surface area (Å²) in [7, 11) is 0. The van der Waals surface area contributed by atoms with E-state index < -0.39 is 0 Å². The number of ketones is 2. The molecule has 1 aliphatic rings. The van der Waals surface area contributed by atoms with Gasteiger partial charge in [-0.2, -0.15) is 0 Å². The van der Waals surface area contributed by atoms with E-state index in [4.69, 9.17) is 0 Å². The van der Waals surface area contributed by atoms with Crippen LogP contribution >= 0.6 is 0 Å². The molecule has 2 unspecified atom stereocenters. The van der Waals surface area contributed by atoms with Gasteiger partial charge in [-0.05, 0) is 13.3 Å². The molecule has 0 bridgehead atoms. The van der Waals surface area contributed by atoms with Gasteiger partial charge in [0.25, 0.3) is 0 Å². The lowest BCUT2D eigenvalue weighted by atomic mass is 9.88. The Labute approximate surface area is 72.7 Å². The zero-order chi connectivity index (χ0) is 9.14. The Balaban J connectivity index is 2.69. The van der Waals surface area contributed by atoms with Crippen LogP contribution in [0.5, 0.6) is 0 Å². The van der Waals surface area contributed by atoms with Gasteiger partial charge in [0, 0.05) is 18.3 Å². The monoisotopic (exact) mass is 166 g/mol. The van der Waals surface area contributed by atoms with E-state index in [1.165, 1.54) is 0 Å². The maximum absolute atomic E-state index is 11.3. The third-order valence-electron chi connectivity index (χ3n) is 2.41. The minimum Gasteiger partial charge on any atom is -0.300 e. The topological polar surface area (TPSA) is 34.1 Å². The Morgan fingerprint density at radius 3 is 2.67 bits per heavy atom. The highest BCUT2D eigenvalue weighted by molar-refractivity contribution is 5.90. The number of hydrogen-bond acceptors (Lipinski definition) is 2. The Morgan fingerprint density at radius 1 is 1.50 bits per heavy atom. The van der Waals surface area contributed by atoms with Gasteiger partial charge in [0.05, 0.1) is 0 Å². The van der Waals surface area contributed by atoms with Crippen LogP contribution in [0, 0.1) is 11.8 Å². The Morgan fingerprint density at radius 2 is 2.17 bits per heavy atom. The van der Waals surface area contributed by atoms with Crippen LogP contribution in [0.2, 0.25) is 0 Å². The average Bonchev–Trinajstić information content (AvgIpc) is 2.50. The van der Waals surface area contributed by atoms with Crippen molar-refractivity contribution in [2.24, 2.45) is 11.8 Å². The van der Waals surface area contributed by atoms with Crippen molar-refractivity contribution in [3.63, 3.8) is 0 Å². The molecule has 2 atom stereocenters. The fraction of sp³-hybridized carbons (Fsp3) is 0.600. The summed E-state index contributed by atoms with van der Waals surface area (Å²) in [5.41, 5.74) is 0. The van der Waals surface area contributed by atoms with Crippen LogP contribution in [-0.4, -0.2) is 11.6 Å². The molecule has 1 aliphatic carbocycles. The van der Waals surface area contributed by atoms with E-state index in [-0.39, 0.29) is 23.4 Å². The molecule has 12 heavy (non-hydrogen) atoms. The normalized spacial score (nSPS) is 27.5. The molecule has 0 N–H and O–H groups in total. The third kappa shape index (κ3) is 1.63. The minimum atomic E-state index is -0.132. The first-order valence-corrected chi connectivity index (χ1v) is 4.36. The Hall–Kier alpha value is -0.920. The summed E-state index contributed by atoms with van der Waals surface area (Å²) >= 11 is 0. The Bertz CT molecular complexity index is 228. The molecule has 0 radical (unpaired) electrons. The lowest BCUT2D eigenvalue weighted by Crippen LogP contribution is -2.23. The third-order valence-corrected chi connectivity index (χ3v) is 2.41. The largest absolute Gasteiger partial charge is 0.300 e. The predicted molar refractivity (Wildman–Crippen MR) is 46.7 cm³/mol. The van der Waals surface area contributed by atoms with Crippen molar-refractivity contribution >= 4 is 11.6 Å². The molecule has 2 nitrogen and oxygen atoms in total. The van der Waals surface area contributed by atoms with E-state index >= 15 is 0 Å². The molecule has 1 rings (SSSR count). The van der Waals surface area contributed by atoms with Gasteiger partial charge in [0.1, 0.15) is 11.6 Å². The number of hydrogen-bond donors (Lipinski definition) is 0. The first-order valence-electron chi connectivity index (χ1n) is 4.36. The molecule has 66 valence electrons. The van der Waals surface area contributed by atoms with Crippen molar-refractivity contribution in [1.82, 2.24) is 0 Å². The maximum atomic E-state index is 11.3. The van der Waals surface area contributed by atoms with E-state index in [1.54, 1.807) is 6.92 Å². The maximum Gasteiger partial charge on any atom is 0.140 e. The van der Waals surface area contributed by atoms with Crippen molar-refractivity contribution < 1.29 is 9.59 Å². The summed E-state index contributed by atoms with van der Waals surface area (Å²) in [5.74, 6) is 0.112. The summed E-state index contributed by atoms with van der Waals surface area (Å²) in [6.07, 6.45) is 5.08. The quantitative estimate of drug-likeness (QED) is 0.598. The molecule has 0 saturated heterocycles. The summed E-state index contributed by atoms with van der Waals surface area (Å²) in [6, 6.07) is 0. The second-order valence-electron chi connectivity index (χ2n) is 3.23. The smallest absolute Gasteiger partial charge is 0.140 e. The highest BCUT2D eigenvalue weighted by atomic mass is 16.1. The van der Waals surface area contributed by atoms with Gasteiger partial charge in [0.2, 0.25) is 0 Å². The number of Topliss-reactive ketones (excluding diaryl/α,β-unsaturated/α-hetero) is 2. The van der Waals surface area contributed by atoms with Crippen LogP contribution in [0.25, 0.3) is 0 Å². The van der Waals surface area contributed by atoms with Crippen LogP contribution in [0.1, 0.15) is 26.7 Å². The summed E-state index contributed by atoms with van der Waals surface area (Å²) in [6.45, 7) is 3.40. The molecule has 0 aliphatic heterocycles. The van der Waals surface area contributed by atoms with Crippen LogP contribution in [0.4, 0.5) is 0 Å². The first kappa shape index (κ1) is 9.17. The van der Waals surface area contributed by atoms with E-state index in [2.05, 4.69) is 0 Å². The molecule has 0 aromatic carbocycles. The van der Waals surface area contributed by atoms with Crippen molar-refractivity contribution in [2.75, 3.05) is 0 Å². The van der Waals surface area contributed by atoms with Crippen LogP contribution < -0.4 is 0 Å². The number of rotatable bonds is 3. The summed E-state index contributed by atoms with van der Waals surface area (Å²) in [5, 5.41) is 0. The highest BCUT2D eigenvalue weighted by Gasteiger charge is 2.30. The second-order valence-corrected chi connectivity index (χ2v) is 3.23. The zero-order valence-corrected chi connectivity index (χ0v) is 7.54. The molecule has 0 aromatic heterocycles. The fourth-order valence-corrected chi connectivity index (χ4v) is 1.64. The van der Waals surface area contributed by atoms with E-state index in [0.29, 0.717) is 6.42 Å².